The SMILES string of the molecule is CC1(C)CC2=C(/C=C\NC/C=C\2)C1. The third-order valence-electron chi connectivity index (χ3n) is 2.71. The molecule has 1 N–H and O–H groups in total. The third kappa shape index (κ3) is 1.85. The Hall–Kier alpha value is -0.980. The third-order valence-corrected chi connectivity index (χ3v) is 2.71. The van der Waals surface area contributed by atoms with Gasteiger partial charge in [0.25, 0.3) is 0 Å². The minimum atomic E-state index is 0.462. The molecule has 1 heterocycles. The molecular formula is C12H17N. The van der Waals surface area contributed by atoms with Crippen molar-refractivity contribution in [2.45, 2.75) is 26.7 Å². The zero-order valence-corrected chi connectivity index (χ0v) is 8.43. The second kappa shape index (κ2) is 3.06. The van der Waals surface area contributed by atoms with Crippen LogP contribution >= 0.6 is 0 Å². The summed E-state index contributed by atoms with van der Waals surface area (Å²) in [7, 11) is 0. The van der Waals surface area contributed by atoms with Crippen molar-refractivity contribution < 1.29 is 0 Å². The zero-order chi connectivity index (χ0) is 9.31. The molecule has 1 aliphatic heterocycles. The highest BCUT2D eigenvalue weighted by molar-refractivity contribution is 5.39. The molecule has 13 heavy (non-hydrogen) atoms. The van der Waals surface area contributed by atoms with Crippen molar-refractivity contribution in [2.75, 3.05) is 6.54 Å². The van der Waals surface area contributed by atoms with Crippen molar-refractivity contribution in [3.8, 4) is 0 Å². The fraction of sp³-hybridized carbons (Fsp3) is 0.500. The molecule has 0 aromatic heterocycles. The molecule has 0 radical (unpaired) electrons. The highest BCUT2D eigenvalue weighted by Gasteiger charge is 2.28. The summed E-state index contributed by atoms with van der Waals surface area (Å²) in [6.07, 6.45) is 11.2. The summed E-state index contributed by atoms with van der Waals surface area (Å²) in [5.74, 6) is 0. The summed E-state index contributed by atoms with van der Waals surface area (Å²) in [5.41, 5.74) is 3.50. The van der Waals surface area contributed by atoms with Crippen molar-refractivity contribution in [1.82, 2.24) is 5.32 Å². The lowest BCUT2D eigenvalue weighted by atomic mass is 9.89. The molecule has 0 bridgehead atoms. The van der Waals surface area contributed by atoms with E-state index >= 15 is 0 Å². The van der Waals surface area contributed by atoms with Crippen LogP contribution in [0.25, 0.3) is 0 Å². The second-order valence-electron chi connectivity index (χ2n) is 4.71. The van der Waals surface area contributed by atoms with Gasteiger partial charge in [0.1, 0.15) is 0 Å². The molecular weight excluding hydrogens is 158 g/mol. The van der Waals surface area contributed by atoms with E-state index in [1.54, 1.807) is 0 Å². The smallest absolute Gasteiger partial charge is 0.0328 e. The van der Waals surface area contributed by atoms with Crippen LogP contribution in [0.2, 0.25) is 0 Å². The van der Waals surface area contributed by atoms with Crippen LogP contribution in [0.4, 0.5) is 0 Å². The van der Waals surface area contributed by atoms with Crippen LogP contribution in [0.1, 0.15) is 26.7 Å². The predicted molar refractivity (Wildman–Crippen MR) is 56.3 cm³/mol. The molecule has 2 aliphatic rings. The Morgan fingerprint density at radius 2 is 1.85 bits per heavy atom. The predicted octanol–water partition coefficient (Wildman–Crippen LogP) is 2.78. The maximum Gasteiger partial charge on any atom is 0.0328 e. The van der Waals surface area contributed by atoms with E-state index in [9.17, 15) is 0 Å². The summed E-state index contributed by atoms with van der Waals surface area (Å²) < 4.78 is 0. The Labute approximate surface area is 80.2 Å². The first-order chi connectivity index (χ1) is 6.17. The summed E-state index contributed by atoms with van der Waals surface area (Å²) in [6.45, 7) is 5.63. The normalized spacial score (nSPS) is 30.0. The van der Waals surface area contributed by atoms with Crippen LogP contribution < -0.4 is 5.32 Å². The van der Waals surface area contributed by atoms with Crippen molar-refractivity contribution in [1.29, 1.82) is 0 Å². The van der Waals surface area contributed by atoms with Gasteiger partial charge >= 0.3 is 0 Å². The van der Waals surface area contributed by atoms with Gasteiger partial charge in [0, 0.05) is 6.54 Å². The standard InChI is InChI=1S/C12H17N/c1-12(2)8-10-4-3-6-13-7-5-11(10)9-12/h3-5,7,13H,6,8-9H2,1-2H3/b4-3-,7-5-. The first-order valence-corrected chi connectivity index (χ1v) is 4.96. The van der Waals surface area contributed by atoms with Crippen molar-refractivity contribution in [3.63, 3.8) is 0 Å². The average Bonchev–Trinajstić information content (AvgIpc) is 2.27. The van der Waals surface area contributed by atoms with E-state index in [1.165, 1.54) is 24.0 Å². The van der Waals surface area contributed by atoms with Gasteiger partial charge in [-0.2, -0.15) is 0 Å². The molecule has 0 atom stereocenters. The van der Waals surface area contributed by atoms with Crippen LogP contribution in [0.3, 0.4) is 0 Å². The molecule has 1 nitrogen and oxygen atoms in total. The number of allylic oxidation sites excluding steroid dienone is 4. The number of hydrogen-bond donors (Lipinski definition) is 1. The Kier molecular flexibility index (Phi) is 2.03. The van der Waals surface area contributed by atoms with Gasteiger partial charge in [-0.25, -0.2) is 0 Å². The fourth-order valence-electron chi connectivity index (χ4n) is 2.15. The molecule has 0 amide bonds. The van der Waals surface area contributed by atoms with Gasteiger partial charge < -0.3 is 5.32 Å². The van der Waals surface area contributed by atoms with E-state index in [-0.39, 0.29) is 0 Å². The molecule has 1 aliphatic carbocycles. The quantitative estimate of drug-likeness (QED) is 0.597. The molecule has 2 rings (SSSR count). The van der Waals surface area contributed by atoms with Gasteiger partial charge in [-0.15, -0.1) is 0 Å². The first-order valence-electron chi connectivity index (χ1n) is 4.96. The summed E-state index contributed by atoms with van der Waals surface area (Å²) in [6, 6.07) is 0. The Balaban J connectivity index is 2.27. The molecule has 1 heteroatoms. The number of nitrogens with one attached hydrogen (secondary N) is 1. The second-order valence-corrected chi connectivity index (χ2v) is 4.71. The van der Waals surface area contributed by atoms with E-state index in [1.807, 2.05) is 0 Å². The Morgan fingerprint density at radius 1 is 1.15 bits per heavy atom. The van der Waals surface area contributed by atoms with Crippen LogP contribution in [-0.4, -0.2) is 6.54 Å². The minimum Gasteiger partial charge on any atom is -0.387 e. The first kappa shape index (κ1) is 8.61. The van der Waals surface area contributed by atoms with Gasteiger partial charge in [-0.1, -0.05) is 26.0 Å². The largest absolute Gasteiger partial charge is 0.387 e. The van der Waals surface area contributed by atoms with Gasteiger partial charge in [0.15, 0.2) is 0 Å². The van der Waals surface area contributed by atoms with E-state index in [4.69, 9.17) is 0 Å². The van der Waals surface area contributed by atoms with Crippen molar-refractivity contribution >= 4 is 0 Å². The number of rotatable bonds is 0. The van der Waals surface area contributed by atoms with Crippen LogP contribution in [-0.2, 0) is 0 Å². The minimum absolute atomic E-state index is 0.462. The lowest BCUT2D eigenvalue weighted by molar-refractivity contribution is 0.392. The monoisotopic (exact) mass is 175 g/mol. The summed E-state index contributed by atoms with van der Waals surface area (Å²) >= 11 is 0. The van der Waals surface area contributed by atoms with E-state index in [0.29, 0.717) is 5.41 Å². The van der Waals surface area contributed by atoms with Crippen molar-refractivity contribution in [2.24, 2.45) is 5.41 Å². The maximum atomic E-state index is 3.23. The zero-order valence-electron chi connectivity index (χ0n) is 8.43. The van der Waals surface area contributed by atoms with Gasteiger partial charge in [0.05, 0.1) is 0 Å². The Morgan fingerprint density at radius 3 is 2.62 bits per heavy atom. The average molecular weight is 175 g/mol. The topological polar surface area (TPSA) is 12.0 Å². The lowest BCUT2D eigenvalue weighted by Gasteiger charge is -2.16. The van der Waals surface area contributed by atoms with Crippen LogP contribution in [0, 0.1) is 5.41 Å². The van der Waals surface area contributed by atoms with E-state index in [0.717, 1.165) is 6.54 Å². The van der Waals surface area contributed by atoms with Crippen LogP contribution in [0.15, 0.2) is 35.6 Å². The number of hydrogen-bond acceptors (Lipinski definition) is 1. The molecule has 0 aromatic carbocycles. The molecule has 0 spiro atoms. The molecule has 70 valence electrons. The molecule has 0 saturated carbocycles. The highest BCUT2D eigenvalue weighted by Crippen LogP contribution is 2.42. The molecule has 0 saturated heterocycles. The van der Waals surface area contributed by atoms with Gasteiger partial charge in [-0.3, -0.25) is 0 Å². The fourth-order valence-corrected chi connectivity index (χ4v) is 2.15. The highest BCUT2D eigenvalue weighted by atomic mass is 14.8. The van der Waals surface area contributed by atoms with Crippen LogP contribution in [0.5, 0.6) is 0 Å². The summed E-state index contributed by atoms with van der Waals surface area (Å²) in [5, 5.41) is 3.23. The molecule has 0 unspecified atom stereocenters. The van der Waals surface area contributed by atoms with Gasteiger partial charge in [0.2, 0.25) is 0 Å². The van der Waals surface area contributed by atoms with E-state index in [2.05, 4.69) is 43.6 Å². The Bertz CT molecular complexity index is 264. The van der Waals surface area contributed by atoms with E-state index < -0.39 is 0 Å². The van der Waals surface area contributed by atoms with Crippen molar-refractivity contribution in [3.05, 3.63) is 35.6 Å². The lowest BCUT2D eigenvalue weighted by Crippen LogP contribution is -2.05. The van der Waals surface area contributed by atoms with Gasteiger partial charge in [-0.05, 0) is 41.7 Å². The molecule has 0 aromatic rings. The summed E-state index contributed by atoms with van der Waals surface area (Å²) in [4.78, 5) is 0. The molecule has 0 fully saturated rings. The maximum absolute atomic E-state index is 3.23.